The van der Waals surface area contributed by atoms with E-state index >= 15 is 0 Å². The van der Waals surface area contributed by atoms with Crippen molar-refractivity contribution < 1.29 is 28.4 Å². The number of nitro benzene ring substituents is 1. The van der Waals surface area contributed by atoms with E-state index in [1.54, 1.807) is 36.6 Å². The van der Waals surface area contributed by atoms with E-state index in [1.165, 1.54) is 18.2 Å². The SMILES string of the molecule is CC(C)(C)OC(=O)N1C[C@H](C=Cc2c(F)cccc2[N+](=O)[O-])N(C(=O)OCC2c3ccccc3-c3ccccc32)C2(CC2)C1. The van der Waals surface area contributed by atoms with Gasteiger partial charge in [-0.05, 0) is 68.0 Å². The number of carbonyl (C=O) groups excluding carboxylic acids is 2. The number of nitrogens with zero attached hydrogens (tertiary/aromatic N) is 3. The van der Waals surface area contributed by atoms with E-state index in [9.17, 15) is 24.1 Å². The van der Waals surface area contributed by atoms with E-state index in [0.717, 1.165) is 28.3 Å². The Morgan fingerprint density at radius 3 is 2.23 bits per heavy atom. The fourth-order valence-corrected chi connectivity index (χ4v) is 6.36. The first-order valence-corrected chi connectivity index (χ1v) is 14.7. The molecule has 10 heteroatoms. The largest absolute Gasteiger partial charge is 0.448 e. The van der Waals surface area contributed by atoms with Gasteiger partial charge < -0.3 is 14.4 Å². The summed E-state index contributed by atoms with van der Waals surface area (Å²) in [7, 11) is 0. The minimum Gasteiger partial charge on any atom is -0.448 e. The van der Waals surface area contributed by atoms with E-state index in [2.05, 4.69) is 12.1 Å². The molecule has 1 saturated carbocycles. The summed E-state index contributed by atoms with van der Waals surface area (Å²) in [5, 5.41) is 11.6. The van der Waals surface area contributed by atoms with Gasteiger partial charge in [-0.15, -0.1) is 0 Å². The van der Waals surface area contributed by atoms with Crippen molar-refractivity contribution in [3.05, 3.63) is 105 Å². The summed E-state index contributed by atoms with van der Waals surface area (Å²) in [5.41, 5.74) is 2.38. The highest BCUT2D eigenvalue weighted by molar-refractivity contribution is 5.79. The minimum atomic E-state index is -0.760. The number of amides is 2. The van der Waals surface area contributed by atoms with E-state index in [-0.39, 0.29) is 31.2 Å². The highest BCUT2D eigenvalue weighted by Gasteiger charge is 2.58. The zero-order valence-electron chi connectivity index (χ0n) is 24.9. The third-order valence-electron chi connectivity index (χ3n) is 8.46. The quantitative estimate of drug-likeness (QED) is 0.228. The van der Waals surface area contributed by atoms with E-state index in [4.69, 9.17) is 9.47 Å². The van der Waals surface area contributed by atoms with Gasteiger partial charge in [-0.25, -0.2) is 14.0 Å². The van der Waals surface area contributed by atoms with Gasteiger partial charge >= 0.3 is 12.2 Å². The summed E-state index contributed by atoms with van der Waals surface area (Å²) in [6, 6.07) is 19.0. The van der Waals surface area contributed by atoms with Crippen LogP contribution in [0.1, 0.15) is 56.2 Å². The molecule has 1 spiro atoms. The molecule has 3 aliphatic rings. The van der Waals surface area contributed by atoms with Crippen LogP contribution in [-0.2, 0) is 9.47 Å². The summed E-state index contributed by atoms with van der Waals surface area (Å²) in [6.07, 6.45) is 3.07. The molecule has 6 rings (SSSR count). The molecule has 0 unspecified atom stereocenters. The number of carbonyl (C=O) groups is 2. The molecular formula is C34H34FN3O6. The summed E-state index contributed by atoms with van der Waals surface area (Å²) in [4.78, 5) is 41.3. The number of ether oxygens (including phenoxy) is 2. The van der Waals surface area contributed by atoms with Crippen LogP contribution in [0.25, 0.3) is 17.2 Å². The summed E-state index contributed by atoms with van der Waals surface area (Å²) < 4.78 is 26.4. The third-order valence-corrected chi connectivity index (χ3v) is 8.46. The maximum atomic E-state index is 14.8. The Hall–Kier alpha value is -4.73. The lowest BCUT2D eigenvalue weighted by Crippen LogP contribution is -2.63. The molecule has 0 aromatic heterocycles. The van der Waals surface area contributed by atoms with Crippen molar-refractivity contribution in [1.29, 1.82) is 0 Å². The second kappa shape index (κ2) is 11.1. The maximum Gasteiger partial charge on any atom is 0.410 e. The molecule has 2 amide bonds. The number of fused-ring (bicyclic) bond motifs is 3. The Balaban J connectivity index is 1.30. The molecule has 3 aromatic rings. The predicted octanol–water partition coefficient (Wildman–Crippen LogP) is 7.15. The highest BCUT2D eigenvalue weighted by Crippen LogP contribution is 2.48. The lowest BCUT2D eigenvalue weighted by Gasteiger charge is -2.46. The van der Waals surface area contributed by atoms with E-state index < -0.39 is 45.8 Å². The van der Waals surface area contributed by atoms with Crippen LogP contribution in [0.2, 0.25) is 0 Å². The average molecular weight is 600 g/mol. The van der Waals surface area contributed by atoms with Crippen molar-refractivity contribution >= 4 is 23.9 Å². The zero-order chi connectivity index (χ0) is 31.2. The van der Waals surface area contributed by atoms with Crippen LogP contribution in [-0.4, -0.2) is 63.8 Å². The fraction of sp³-hybridized carbons (Fsp3) is 0.353. The van der Waals surface area contributed by atoms with Gasteiger partial charge in [0.25, 0.3) is 5.69 Å². The number of hydrogen-bond acceptors (Lipinski definition) is 6. The van der Waals surface area contributed by atoms with Crippen LogP contribution in [0.5, 0.6) is 0 Å². The van der Waals surface area contributed by atoms with Gasteiger partial charge in [-0.1, -0.05) is 60.7 Å². The number of halogens is 1. The van der Waals surface area contributed by atoms with Gasteiger partial charge in [0.05, 0.1) is 22.1 Å². The molecule has 1 aliphatic heterocycles. The summed E-state index contributed by atoms with van der Waals surface area (Å²) in [6.45, 7) is 5.76. The number of piperazine rings is 1. The normalized spacial score (nSPS) is 18.7. The average Bonchev–Trinajstić information content (AvgIpc) is 3.66. The lowest BCUT2D eigenvalue weighted by atomic mass is 9.98. The van der Waals surface area contributed by atoms with Crippen LogP contribution in [0.15, 0.2) is 72.8 Å². The Labute approximate surface area is 255 Å². The van der Waals surface area contributed by atoms with Crippen molar-refractivity contribution in [2.75, 3.05) is 19.7 Å². The van der Waals surface area contributed by atoms with Crippen molar-refractivity contribution in [2.24, 2.45) is 0 Å². The molecule has 9 nitrogen and oxygen atoms in total. The maximum absolute atomic E-state index is 14.8. The van der Waals surface area contributed by atoms with Crippen molar-refractivity contribution in [3.8, 4) is 11.1 Å². The van der Waals surface area contributed by atoms with Crippen LogP contribution in [0.3, 0.4) is 0 Å². The lowest BCUT2D eigenvalue weighted by molar-refractivity contribution is -0.385. The number of benzene rings is 3. The van der Waals surface area contributed by atoms with Gasteiger partial charge in [0.15, 0.2) is 0 Å². The molecule has 0 radical (unpaired) electrons. The second-order valence-electron chi connectivity index (χ2n) is 12.6. The third kappa shape index (κ3) is 5.52. The van der Waals surface area contributed by atoms with Gasteiger partial charge in [0.2, 0.25) is 0 Å². The molecular weight excluding hydrogens is 565 g/mol. The highest BCUT2D eigenvalue weighted by atomic mass is 19.1. The van der Waals surface area contributed by atoms with Gasteiger partial charge in [0.1, 0.15) is 18.0 Å². The first kappa shape index (κ1) is 29.3. The molecule has 228 valence electrons. The first-order chi connectivity index (χ1) is 21.0. The predicted molar refractivity (Wildman–Crippen MR) is 163 cm³/mol. The van der Waals surface area contributed by atoms with Crippen molar-refractivity contribution in [2.45, 2.75) is 56.7 Å². The van der Waals surface area contributed by atoms with Crippen LogP contribution < -0.4 is 0 Å². The van der Waals surface area contributed by atoms with Crippen LogP contribution in [0, 0.1) is 15.9 Å². The van der Waals surface area contributed by atoms with Crippen molar-refractivity contribution in [1.82, 2.24) is 9.80 Å². The first-order valence-electron chi connectivity index (χ1n) is 14.7. The monoisotopic (exact) mass is 599 g/mol. The second-order valence-corrected chi connectivity index (χ2v) is 12.6. The fourth-order valence-electron chi connectivity index (χ4n) is 6.36. The summed E-state index contributed by atoms with van der Waals surface area (Å²) in [5.74, 6) is -0.899. The number of hydrogen-bond donors (Lipinski definition) is 0. The van der Waals surface area contributed by atoms with Gasteiger partial charge in [-0.3, -0.25) is 15.0 Å². The zero-order valence-corrected chi connectivity index (χ0v) is 24.9. The van der Waals surface area contributed by atoms with Gasteiger partial charge in [0, 0.05) is 25.1 Å². The van der Waals surface area contributed by atoms with Crippen LogP contribution >= 0.6 is 0 Å². The topological polar surface area (TPSA) is 102 Å². The molecule has 2 aliphatic carbocycles. The Bertz CT molecular complexity index is 1620. The Morgan fingerprint density at radius 2 is 1.64 bits per heavy atom. The van der Waals surface area contributed by atoms with Crippen molar-refractivity contribution in [3.63, 3.8) is 0 Å². The molecule has 0 N–H and O–H groups in total. The number of rotatable bonds is 5. The Morgan fingerprint density at radius 1 is 1.00 bits per heavy atom. The summed E-state index contributed by atoms with van der Waals surface area (Å²) >= 11 is 0. The Kier molecular flexibility index (Phi) is 7.39. The van der Waals surface area contributed by atoms with Gasteiger partial charge in [-0.2, -0.15) is 0 Å². The minimum absolute atomic E-state index is 0.0552. The van der Waals surface area contributed by atoms with E-state index in [0.29, 0.717) is 12.8 Å². The smallest absolute Gasteiger partial charge is 0.410 e. The number of nitro groups is 1. The molecule has 2 fully saturated rings. The molecule has 1 atom stereocenters. The van der Waals surface area contributed by atoms with Crippen LogP contribution in [0.4, 0.5) is 19.7 Å². The molecule has 1 heterocycles. The standard InChI is InChI=1S/C34H34FN3O6/c1-33(2,3)44-31(39)36-19-22(15-16-27-29(35)13-8-14-30(27)38(41)42)37(34(21-36)17-18-34)32(40)43-20-28-25-11-6-4-9-23(25)24-10-5-7-12-26(24)28/h4-16,22,28H,17-21H2,1-3H3/t22-/m0/s1. The molecule has 1 saturated heterocycles. The molecule has 44 heavy (non-hydrogen) atoms. The molecule has 0 bridgehead atoms. The molecule has 3 aromatic carbocycles. The van der Waals surface area contributed by atoms with E-state index in [1.807, 2.05) is 36.4 Å².